The Labute approximate surface area is 116 Å². The summed E-state index contributed by atoms with van der Waals surface area (Å²) in [6.07, 6.45) is 9.70. The van der Waals surface area contributed by atoms with Gasteiger partial charge in [0.15, 0.2) is 0 Å². The summed E-state index contributed by atoms with van der Waals surface area (Å²) in [5.74, 6) is 0. The zero-order valence-electron chi connectivity index (χ0n) is 12.2. The number of nitrogens with one attached hydrogen (secondary N) is 1. The van der Waals surface area contributed by atoms with E-state index in [0.717, 1.165) is 19.6 Å². The second-order valence-corrected chi connectivity index (χ2v) is 6.33. The van der Waals surface area contributed by atoms with Crippen LogP contribution in [0.25, 0.3) is 0 Å². The summed E-state index contributed by atoms with van der Waals surface area (Å²) in [6, 6.07) is 0.621. The standard InChI is InChI=1S/C15H26N4/c1-3-19-11-14(9-17-19)10-18-12-15(6-4-5-7-15)16-8-13(18)2/h9,11,13,16H,3-8,10,12H2,1-2H3. The smallest absolute Gasteiger partial charge is 0.0534 e. The van der Waals surface area contributed by atoms with Gasteiger partial charge in [0.25, 0.3) is 0 Å². The van der Waals surface area contributed by atoms with Crippen molar-refractivity contribution < 1.29 is 0 Å². The largest absolute Gasteiger partial charge is 0.308 e. The van der Waals surface area contributed by atoms with Crippen molar-refractivity contribution >= 4 is 0 Å². The number of hydrogen-bond acceptors (Lipinski definition) is 3. The van der Waals surface area contributed by atoms with Gasteiger partial charge in [0, 0.05) is 49.5 Å². The van der Waals surface area contributed by atoms with Crippen molar-refractivity contribution in [1.82, 2.24) is 20.0 Å². The Hall–Kier alpha value is -0.870. The number of rotatable bonds is 3. The van der Waals surface area contributed by atoms with Crippen molar-refractivity contribution in [3.8, 4) is 0 Å². The molecule has 4 nitrogen and oxygen atoms in total. The highest BCUT2D eigenvalue weighted by molar-refractivity contribution is 5.07. The maximum Gasteiger partial charge on any atom is 0.0534 e. The van der Waals surface area contributed by atoms with E-state index in [1.54, 1.807) is 0 Å². The van der Waals surface area contributed by atoms with Gasteiger partial charge in [-0.1, -0.05) is 12.8 Å². The fraction of sp³-hybridized carbons (Fsp3) is 0.800. The molecule has 1 saturated heterocycles. The minimum atomic E-state index is 0.410. The van der Waals surface area contributed by atoms with Gasteiger partial charge in [0.2, 0.25) is 0 Å². The fourth-order valence-corrected chi connectivity index (χ4v) is 3.59. The van der Waals surface area contributed by atoms with E-state index in [1.807, 2.05) is 10.9 Å². The van der Waals surface area contributed by atoms with Crippen molar-refractivity contribution in [2.24, 2.45) is 0 Å². The van der Waals surface area contributed by atoms with Gasteiger partial charge in [-0.2, -0.15) is 5.10 Å². The lowest BCUT2D eigenvalue weighted by atomic mass is 9.92. The van der Waals surface area contributed by atoms with E-state index in [9.17, 15) is 0 Å². The first kappa shape index (κ1) is 13.1. The summed E-state index contributed by atoms with van der Waals surface area (Å²) < 4.78 is 2.02. The van der Waals surface area contributed by atoms with Crippen LogP contribution < -0.4 is 5.32 Å². The summed E-state index contributed by atoms with van der Waals surface area (Å²) in [7, 11) is 0. The van der Waals surface area contributed by atoms with Crippen LogP contribution in [-0.4, -0.2) is 39.4 Å². The molecule has 19 heavy (non-hydrogen) atoms. The highest BCUT2D eigenvalue weighted by atomic mass is 15.3. The third kappa shape index (κ3) is 2.70. The minimum Gasteiger partial charge on any atom is -0.308 e. The van der Waals surface area contributed by atoms with E-state index in [4.69, 9.17) is 0 Å². The maximum absolute atomic E-state index is 4.39. The molecule has 1 atom stereocenters. The Morgan fingerprint density at radius 1 is 1.42 bits per heavy atom. The Bertz CT molecular complexity index is 420. The molecular formula is C15H26N4. The lowest BCUT2D eigenvalue weighted by molar-refractivity contribution is 0.0826. The van der Waals surface area contributed by atoms with Gasteiger partial charge in [-0.15, -0.1) is 0 Å². The Balaban J connectivity index is 1.67. The molecule has 0 radical (unpaired) electrons. The van der Waals surface area contributed by atoms with Crippen molar-refractivity contribution in [3.05, 3.63) is 18.0 Å². The molecule has 0 bridgehead atoms. The lowest BCUT2D eigenvalue weighted by Crippen LogP contribution is -2.61. The molecule has 1 unspecified atom stereocenters. The van der Waals surface area contributed by atoms with Crippen molar-refractivity contribution in [2.75, 3.05) is 13.1 Å². The lowest BCUT2D eigenvalue weighted by Gasteiger charge is -2.45. The molecule has 3 rings (SSSR count). The normalized spacial score (nSPS) is 27.2. The van der Waals surface area contributed by atoms with E-state index in [2.05, 4.69) is 35.4 Å². The molecule has 1 aromatic rings. The molecule has 2 heterocycles. The first-order chi connectivity index (χ1) is 9.21. The van der Waals surface area contributed by atoms with Gasteiger partial charge in [-0.3, -0.25) is 9.58 Å². The van der Waals surface area contributed by atoms with Crippen LogP contribution in [0.1, 0.15) is 45.1 Å². The van der Waals surface area contributed by atoms with Crippen LogP contribution >= 0.6 is 0 Å². The molecule has 1 saturated carbocycles. The van der Waals surface area contributed by atoms with E-state index in [-0.39, 0.29) is 0 Å². The number of aromatic nitrogens is 2. The molecule has 0 amide bonds. The molecule has 1 aliphatic carbocycles. The number of piperazine rings is 1. The molecule has 2 aliphatic rings. The van der Waals surface area contributed by atoms with Gasteiger partial charge in [-0.25, -0.2) is 0 Å². The molecule has 1 aliphatic heterocycles. The Morgan fingerprint density at radius 2 is 2.21 bits per heavy atom. The summed E-state index contributed by atoms with van der Waals surface area (Å²) in [5.41, 5.74) is 1.76. The summed E-state index contributed by atoms with van der Waals surface area (Å²) in [5, 5.41) is 8.20. The van der Waals surface area contributed by atoms with Gasteiger partial charge in [0.05, 0.1) is 6.20 Å². The topological polar surface area (TPSA) is 33.1 Å². The van der Waals surface area contributed by atoms with Crippen molar-refractivity contribution in [3.63, 3.8) is 0 Å². The van der Waals surface area contributed by atoms with Crippen LogP contribution in [0.5, 0.6) is 0 Å². The van der Waals surface area contributed by atoms with Crippen LogP contribution in [0, 0.1) is 0 Å². The molecule has 1 spiro atoms. The average molecular weight is 262 g/mol. The Morgan fingerprint density at radius 3 is 2.89 bits per heavy atom. The molecule has 4 heteroatoms. The van der Waals surface area contributed by atoms with Crippen LogP contribution in [0.2, 0.25) is 0 Å². The molecular weight excluding hydrogens is 236 g/mol. The fourth-order valence-electron chi connectivity index (χ4n) is 3.59. The van der Waals surface area contributed by atoms with Crippen molar-refractivity contribution in [1.29, 1.82) is 0 Å². The zero-order valence-corrected chi connectivity index (χ0v) is 12.2. The zero-order chi connectivity index (χ0) is 13.3. The van der Waals surface area contributed by atoms with Crippen LogP contribution in [0.3, 0.4) is 0 Å². The van der Waals surface area contributed by atoms with E-state index in [1.165, 1.54) is 37.8 Å². The average Bonchev–Trinajstić information content (AvgIpc) is 3.04. The van der Waals surface area contributed by atoms with Gasteiger partial charge in [0.1, 0.15) is 0 Å². The van der Waals surface area contributed by atoms with Crippen molar-refractivity contribution in [2.45, 2.75) is 64.2 Å². The SMILES string of the molecule is CCn1cc(CN2CC3(CCCC3)NCC2C)cn1. The maximum atomic E-state index is 4.39. The molecule has 1 aromatic heterocycles. The quantitative estimate of drug-likeness (QED) is 0.904. The Kier molecular flexibility index (Phi) is 3.63. The molecule has 1 N–H and O–H groups in total. The monoisotopic (exact) mass is 262 g/mol. The number of nitrogens with zero attached hydrogens (tertiary/aromatic N) is 3. The third-order valence-corrected chi connectivity index (χ3v) is 4.86. The predicted octanol–water partition coefficient (Wildman–Crippen LogP) is 2.01. The first-order valence-electron chi connectivity index (χ1n) is 7.71. The highest BCUT2D eigenvalue weighted by Crippen LogP contribution is 2.33. The molecule has 0 aromatic carbocycles. The van der Waals surface area contributed by atoms with Gasteiger partial charge < -0.3 is 5.32 Å². The number of aryl methyl sites for hydroxylation is 1. The highest BCUT2D eigenvalue weighted by Gasteiger charge is 2.39. The van der Waals surface area contributed by atoms with E-state index < -0.39 is 0 Å². The van der Waals surface area contributed by atoms with Gasteiger partial charge >= 0.3 is 0 Å². The van der Waals surface area contributed by atoms with Crippen LogP contribution in [-0.2, 0) is 13.1 Å². The van der Waals surface area contributed by atoms with Crippen LogP contribution in [0.15, 0.2) is 12.4 Å². The molecule has 2 fully saturated rings. The summed E-state index contributed by atoms with van der Waals surface area (Å²) >= 11 is 0. The molecule has 106 valence electrons. The number of hydrogen-bond donors (Lipinski definition) is 1. The third-order valence-electron chi connectivity index (χ3n) is 4.86. The predicted molar refractivity (Wildman–Crippen MR) is 77.0 cm³/mol. The summed E-state index contributed by atoms with van der Waals surface area (Å²) in [6.45, 7) is 8.80. The first-order valence-corrected chi connectivity index (χ1v) is 7.71. The van der Waals surface area contributed by atoms with Gasteiger partial charge in [-0.05, 0) is 26.7 Å². The second kappa shape index (κ2) is 5.25. The minimum absolute atomic E-state index is 0.410. The second-order valence-electron chi connectivity index (χ2n) is 6.33. The summed E-state index contributed by atoms with van der Waals surface area (Å²) in [4.78, 5) is 2.64. The van der Waals surface area contributed by atoms with E-state index >= 15 is 0 Å². The van der Waals surface area contributed by atoms with E-state index in [0.29, 0.717) is 11.6 Å². The van der Waals surface area contributed by atoms with Crippen LogP contribution in [0.4, 0.5) is 0 Å².